The van der Waals surface area contributed by atoms with Gasteiger partial charge in [0.15, 0.2) is 5.58 Å². The van der Waals surface area contributed by atoms with E-state index < -0.39 is 5.97 Å². The van der Waals surface area contributed by atoms with Gasteiger partial charge < -0.3 is 13.9 Å². The van der Waals surface area contributed by atoms with Crippen molar-refractivity contribution >= 4 is 27.6 Å². The molecule has 21 heavy (non-hydrogen) atoms. The van der Waals surface area contributed by atoms with Crippen molar-refractivity contribution < 1.29 is 18.7 Å². The van der Waals surface area contributed by atoms with Crippen LogP contribution in [0.1, 0.15) is 10.4 Å². The predicted octanol–water partition coefficient (Wildman–Crippen LogP) is 3.08. The molecule has 0 aliphatic rings. The van der Waals surface area contributed by atoms with E-state index in [9.17, 15) is 9.59 Å². The number of hydrogen-bond acceptors (Lipinski definition) is 6. The number of esters is 1. The molecule has 0 fully saturated rings. The van der Waals surface area contributed by atoms with Gasteiger partial charge in [-0.2, -0.15) is 0 Å². The minimum absolute atomic E-state index is 0.324. The van der Waals surface area contributed by atoms with Gasteiger partial charge in [0.05, 0.1) is 17.4 Å². The molecule has 3 rings (SSSR count). The van der Waals surface area contributed by atoms with Crippen LogP contribution in [-0.4, -0.2) is 13.1 Å². The molecule has 0 saturated carbocycles. The molecule has 1 aromatic heterocycles. The molecule has 3 aromatic rings. The van der Waals surface area contributed by atoms with Gasteiger partial charge in [0, 0.05) is 6.07 Å². The van der Waals surface area contributed by atoms with Crippen LogP contribution >= 0.6 is 11.3 Å². The van der Waals surface area contributed by atoms with Crippen LogP contribution in [0.2, 0.25) is 0 Å². The number of fused-ring (bicyclic) bond motifs is 1. The number of ether oxygens (including phenoxy) is 2. The van der Waals surface area contributed by atoms with Gasteiger partial charge in [0.25, 0.3) is 0 Å². The van der Waals surface area contributed by atoms with Crippen LogP contribution in [0.25, 0.3) is 10.3 Å². The van der Waals surface area contributed by atoms with Crippen LogP contribution in [0.15, 0.2) is 51.7 Å². The molecule has 5 nitrogen and oxygen atoms in total. The molecule has 0 amide bonds. The fourth-order valence-electron chi connectivity index (χ4n) is 1.81. The Morgan fingerprint density at radius 2 is 1.81 bits per heavy atom. The van der Waals surface area contributed by atoms with Crippen molar-refractivity contribution in [3.63, 3.8) is 0 Å². The monoisotopic (exact) mass is 302 g/mol. The van der Waals surface area contributed by atoms with Gasteiger partial charge in [-0.25, -0.2) is 9.59 Å². The molecule has 6 heteroatoms. The smallest absolute Gasteiger partial charge is 0.396 e. The topological polar surface area (TPSA) is 65.7 Å². The van der Waals surface area contributed by atoms with Crippen LogP contribution in [0.3, 0.4) is 0 Å². The van der Waals surface area contributed by atoms with E-state index in [0.29, 0.717) is 27.3 Å². The first-order valence-corrected chi connectivity index (χ1v) is 6.87. The number of carbonyl (C=O) groups excluding carboxylic acids is 1. The molecule has 106 valence electrons. The Morgan fingerprint density at radius 3 is 2.52 bits per heavy atom. The lowest BCUT2D eigenvalue weighted by Crippen LogP contribution is -2.08. The first-order valence-electron chi connectivity index (χ1n) is 6.05. The maximum absolute atomic E-state index is 12.0. The van der Waals surface area contributed by atoms with E-state index in [1.54, 1.807) is 43.5 Å². The van der Waals surface area contributed by atoms with Crippen molar-refractivity contribution in [3.8, 4) is 11.5 Å². The molecule has 0 bridgehead atoms. The van der Waals surface area contributed by atoms with Gasteiger partial charge in [-0.1, -0.05) is 11.3 Å². The predicted molar refractivity (Wildman–Crippen MR) is 78.3 cm³/mol. The third-order valence-electron chi connectivity index (χ3n) is 2.84. The summed E-state index contributed by atoms with van der Waals surface area (Å²) in [7, 11) is 1.55. The van der Waals surface area contributed by atoms with E-state index in [2.05, 4.69) is 0 Å². The van der Waals surface area contributed by atoms with E-state index in [1.807, 2.05) is 0 Å². The summed E-state index contributed by atoms with van der Waals surface area (Å²) < 4.78 is 16.0. The lowest BCUT2D eigenvalue weighted by atomic mass is 10.2. The van der Waals surface area contributed by atoms with Gasteiger partial charge in [-0.15, -0.1) is 0 Å². The van der Waals surface area contributed by atoms with Crippen LogP contribution in [0, 0.1) is 0 Å². The van der Waals surface area contributed by atoms with Crippen molar-refractivity contribution in [3.05, 3.63) is 57.8 Å². The average molecular weight is 302 g/mol. The summed E-state index contributed by atoms with van der Waals surface area (Å²) in [5, 5.41) is 0. The van der Waals surface area contributed by atoms with Gasteiger partial charge >= 0.3 is 10.9 Å². The Balaban J connectivity index is 1.82. The molecule has 0 aliphatic carbocycles. The quantitative estimate of drug-likeness (QED) is 0.549. The van der Waals surface area contributed by atoms with E-state index in [-0.39, 0.29) is 4.94 Å². The second kappa shape index (κ2) is 5.41. The largest absolute Gasteiger partial charge is 0.497 e. The molecular weight excluding hydrogens is 292 g/mol. The summed E-state index contributed by atoms with van der Waals surface area (Å²) >= 11 is 1.00. The fourth-order valence-corrected chi connectivity index (χ4v) is 2.46. The first-order chi connectivity index (χ1) is 10.2. The van der Waals surface area contributed by atoms with E-state index in [1.165, 1.54) is 6.07 Å². The van der Waals surface area contributed by atoms with Gasteiger partial charge in [0.1, 0.15) is 11.5 Å². The van der Waals surface area contributed by atoms with Gasteiger partial charge in [-0.05, 0) is 36.4 Å². The molecule has 0 saturated heterocycles. The molecule has 0 radical (unpaired) electrons. The minimum atomic E-state index is -0.491. The number of hydrogen-bond donors (Lipinski definition) is 0. The molecular formula is C15H10O5S. The zero-order chi connectivity index (χ0) is 14.8. The van der Waals surface area contributed by atoms with Crippen LogP contribution < -0.4 is 14.4 Å². The normalized spacial score (nSPS) is 10.5. The Hall–Kier alpha value is -2.60. The lowest BCUT2D eigenvalue weighted by molar-refractivity contribution is 0.0735. The standard InChI is InChI=1S/C15H10O5S/c1-18-10-4-2-9(3-5-10)14(16)19-11-6-7-13-12(8-11)20-15(17)21-13/h2-8H,1H3. The molecule has 0 spiro atoms. The molecule has 2 aromatic carbocycles. The highest BCUT2D eigenvalue weighted by molar-refractivity contribution is 7.16. The Bertz CT molecular complexity index is 844. The van der Waals surface area contributed by atoms with Crippen molar-refractivity contribution in [1.82, 2.24) is 0 Å². The summed E-state index contributed by atoms with van der Waals surface area (Å²) in [5.41, 5.74) is 0.813. The molecule has 0 N–H and O–H groups in total. The fraction of sp³-hybridized carbons (Fsp3) is 0.0667. The highest BCUT2D eigenvalue weighted by atomic mass is 32.1. The third kappa shape index (κ3) is 2.80. The summed E-state index contributed by atoms with van der Waals surface area (Å²) in [5.74, 6) is 0.493. The summed E-state index contributed by atoms with van der Waals surface area (Å²) in [6, 6.07) is 11.4. The summed E-state index contributed by atoms with van der Waals surface area (Å²) in [6.45, 7) is 0. The van der Waals surface area contributed by atoms with Crippen molar-refractivity contribution in [2.75, 3.05) is 7.11 Å². The van der Waals surface area contributed by atoms with Crippen molar-refractivity contribution in [1.29, 1.82) is 0 Å². The van der Waals surface area contributed by atoms with E-state index in [4.69, 9.17) is 13.9 Å². The zero-order valence-electron chi connectivity index (χ0n) is 11.0. The Kier molecular flexibility index (Phi) is 3.45. The first kappa shape index (κ1) is 13.4. The maximum atomic E-state index is 12.0. The zero-order valence-corrected chi connectivity index (χ0v) is 11.8. The van der Waals surface area contributed by atoms with Crippen LogP contribution in [0.4, 0.5) is 0 Å². The van der Waals surface area contributed by atoms with Crippen LogP contribution in [0.5, 0.6) is 11.5 Å². The van der Waals surface area contributed by atoms with E-state index in [0.717, 1.165) is 11.3 Å². The number of benzene rings is 2. The lowest BCUT2D eigenvalue weighted by Gasteiger charge is -2.05. The van der Waals surface area contributed by atoms with Crippen LogP contribution in [-0.2, 0) is 0 Å². The molecule has 1 heterocycles. The minimum Gasteiger partial charge on any atom is -0.497 e. The second-order valence-electron chi connectivity index (χ2n) is 4.18. The van der Waals surface area contributed by atoms with Crippen molar-refractivity contribution in [2.24, 2.45) is 0 Å². The number of methoxy groups -OCH3 is 1. The summed E-state index contributed by atoms with van der Waals surface area (Å²) in [6.07, 6.45) is 0. The van der Waals surface area contributed by atoms with Gasteiger partial charge in [-0.3, -0.25) is 0 Å². The number of rotatable bonds is 3. The molecule has 0 aliphatic heterocycles. The Morgan fingerprint density at radius 1 is 1.10 bits per heavy atom. The Labute approximate surface area is 123 Å². The van der Waals surface area contributed by atoms with E-state index >= 15 is 0 Å². The average Bonchev–Trinajstić information content (AvgIpc) is 2.86. The van der Waals surface area contributed by atoms with Gasteiger partial charge in [0.2, 0.25) is 0 Å². The third-order valence-corrected chi connectivity index (χ3v) is 3.65. The maximum Gasteiger partial charge on any atom is 0.396 e. The summed E-state index contributed by atoms with van der Waals surface area (Å²) in [4.78, 5) is 22.8. The molecule has 0 atom stereocenters. The SMILES string of the molecule is COc1ccc(C(=O)Oc2ccc3sc(=O)oc3c2)cc1. The number of carbonyl (C=O) groups is 1. The highest BCUT2D eigenvalue weighted by Gasteiger charge is 2.10. The highest BCUT2D eigenvalue weighted by Crippen LogP contribution is 2.23. The molecule has 0 unspecified atom stereocenters. The van der Waals surface area contributed by atoms with Crippen molar-refractivity contribution in [2.45, 2.75) is 0 Å². The second-order valence-corrected chi connectivity index (χ2v) is 5.16.